The lowest BCUT2D eigenvalue weighted by molar-refractivity contribution is -0.126. The van der Waals surface area contributed by atoms with E-state index in [0.717, 1.165) is 0 Å². The minimum absolute atomic E-state index is 0.203. The van der Waals surface area contributed by atoms with E-state index < -0.39 is 35.2 Å². The zero-order chi connectivity index (χ0) is 14.0. The van der Waals surface area contributed by atoms with Crippen molar-refractivity contribution in [2.45, 2.75) is 25.0 Å². The Labute approximate surface area is 107 Å². The van der Waals surface area contributed by atoms with Crippen molar-refractivity contribution in [1.82, 2.24) is 0 Å². The van der Waals surface area contributed by atoms with Crippen LogP contribution in [0.5, 0.6) is 0 Å². The predicted octanol–water partition coefficient (Wildman–Crippen LogP) is 1.55. The topological polar surface area (TPSA) is 64.4 Å². The Morgan fingerprint density at radius 3 is 2.58 bits per heavy atom. The lowest BCUT2D eigenvalue weighted by atomic mass is 10.2. The number of carbonyl (C=O) groups is 1. The first-order valence-electron chi connectivity index (χ1n) is 5.82. The summed E-state index contributed by atoms with van der Waals surface area (Å²) in [5, 5.41) is 2.18. The second-order valence-electron chi connectivity index (χ2n) is 4.30. The molecule has 0 aromatic heterocycles. The van der Waals surface area contributed by atoms with Gasteiger partial charge in [0, 0.05) is 18.7 Å². The predicted molar refractivity (Wildman–Crippen MR) is 61.9 cm³/mol. The first-order valence-corrected chi connectivity index (χ1v) is 5.82. The summed E-state index contributed by atoms with van der Waals surface area (Å²) in [6, 6.07) is 0.973. The fraction of sp³-hybridized carbons (Fsp3) is 0.417. The van der Waals surface area contributed by atoms with Crippen LogP contribution in [0.2, 0.25) is 0 Å². The van der Waals surface area contributed by atoms with Crippen LogP contribution in [0.3, 0.4) is 0 Å². The number of halogens is 3. The lowest BCUT2D eigenvalue weighted by Crippen LogP contribution is -2.30. The summed E-state index contributed by atoms with van der Waals surface area (Å²) in [5.74, 6) is -4.18. The fourth-order valence-electron chi connectivity index (χ4n) is 1.90. The number of hydrogen-bond donors (Lipinski definition) is 2. The molecule has 3 N–H and O–H groups in total. The van der Waals surface area contributed by atoms with Gasteiger partial charge in [-0.15, -0.1) is 0 Å². The van der Waals surface area contributed by atoms with E-state index in [0.29, 0.717) is 31.5 Å². The fourth-order valence-corrected chi connectivity index (χ4v) is 1.90. The summed E-state index contributed by atoms with van der Waals surface area (Å²) in [4.78, 5) is 11.8. The van der Waals surface area contributed by atoms with E-state index in [9.17, 15) is 18.0 Å². The van der Waals surface area contributed by atoms with Gasteiger partial charge in [0.1, 0.15) is 11.9 Å². The molecule has 1 aromatic carbocycles. The molecule has 2 atom stereocenters. The molecule has 1 saturated heterocycles. The molecule has 1 aromatic rings. The van der Waals surface area contributed by atoms with Crippen molar-refractivity contribution in [3.05, 3.63) is 29.6 Å². The number of nitrogens with two attached hydrogens (primary N) is 1. The van der Waals surface area contributed by atoms with Gasteiger partial charge in [-0.3, -0.25) is 4.79 Å². The molecule has 0 radical (unpaired) electrons. The average molecular weight is 274 g/mol. The highest BCUT2D eigenvalue weighted by Gasteiger charge is 2.30. The number of carbonyl (C=O) groups excluding carboxylic acids is 1. The van der Waals surface area contributed by atoms with Gasteiger partial charge in [0.15, 0.2) is 11.6 Å². The maximum absolute atomic E-state index is 13.3. The summed E-state index contributed by atoms with van der Waals surface area (Å²) in [5.41, 5.74) is 4.99. The molecule has 7 heteroatoms. The van der Waals surface area contributed by atoms with Crippen LogP contribution >= 0.6 is 0 Å². The molecule has 1 aliphatic rings. The number of anilines is 1. The van der Waals surface area contributed by atoms with E-state index in [1.165, 1.54) is 0 Å². The van der Waals surface area contributed by atoms with E-state index >= 15 is 0 Å². The molecule has 0 aliphatic carbocycles. The van der Waals surface area contributed by atoms with Crippen LogP contribution in [0.1, 0.15) is 12.8 Å². The molecule has 0 bridgehead atoms. The van der Waals surface area contributed by atoms with Gasteiger partial charge in [0.05, 0.1) is 11.8 Å². The third kappa shape index (κ3) is 3.05. The highest BCUT2D eigenvalue weighted by Crippen LogP contribution is 2.22. The Bertz CT molecular complexity index is 496. The van der Waals surface area contributed by atoms with Crippen molar-refractivity contribution in [2.75, 3.05) is 11.9 Å². The van der Waals surface area contributed by atoms with Crippen LogP contribution in [0.15, 0.2) is 12.1 Å². The first-order chi connectivity index (χ1) is 9.01. The molecular weight excluding hydrogens is 261 g/mol. The van der Waals surface area contributed by atoms with Crippen molar-refractivity contribution in [2.24, 2.45) is 5.73 Å². The first kappa shape index (κ1) is 13.8. The zero-order valence-corrected chi connectivity index (χ0v) is 9.96. The van der Waals surface area contributed by atoms with Gasteiger partial charge in [-0.05, 0) is 12.8 Å². The minimum atomic E-state index is -1.31. The van der Waals surface area contributed by atoms with Gasteiger partial charge in [-0.1, -0.05) is 0 Å². The molecular formula is C12H13F3N2O2. The third-order valence-corrected chi connectivity index (χ3v) is 2.93. The maximum atomic E-state index is 13.3. The standard InChI is InChI=1S/C12H13F3N2O2/c13-7-3-9(15)10(4-8(7)14)17-12(18)11-2-1-6(5-16)19-11/h3-4,6,11H,1-2,5,16H2,(H,17,18)/t6-,11+/m1/s1. The average Bonchev–Trinajstić information content (AvgIpc) is 2.84. The van der Waals surface area contributed by atoms with Crippen LogP contribution in [0, 0.1) is 17.5 Å². The lowest BCUT2D eigenvalue weighted by Gasteiger charge is -2.13. The van der Waals surface area contributed by atoms with Crippen LogP contribution in [-0.2, 0) is 9.53 Å². The third-order valence-electron chi connectivity index (χ3n) is 2.93. The Morgan fingerprint density at radius 1 is 1.26 bits per heavy atom. The van der Waals surface area contributed by atoms with E-state index in [-0.39, 0.29) is 6.10 Å². The summed E-state index contributed by atoms with van der Waals surface area (Å²) in [6.07, 6.45) is 0.139. The number of rotatable bonds is 3. The number of nitrogens with one attached hydrogen (secondary N) is 1. The van der Waals surface area contributed by atoms with Crippen LogP contribution in [0.25, 0.3) is 0 Å². The van der Waals surface area contributed by atoms with Crippen molar-refractivity contribution in [1.29, 1.82) is 0 Å². The number of ether oxygens (including phenoxy) is 1. The van der Waals surface area contributed by atoms with E-state index in [1.807, 2.05) is 0 Å². The smallest absolute Gasteiger partial charge is 0.253 e. The molecule has 1 aliphatic heterocycles. The summed E-state index contributed by atoms with van der Waals surface area (Å²) >= 11 is 0. The molecule has 0 unspecified atom stereocenters. The monoisotopic (exact) mass is 274 g/mol. The second-order valence-corrected chi connectivity index (χ2v) is 4.30. The summed E-state index contributed by atoms with van der Waals surface area (Å²) in [6.45, 7) is 0.295. The molecule has 0 spiro atoms. The van der Waals surface area contributed by atoms with Crippen molar-refractivity contribution < 1.29 is 22.7 Å². The van der Waals surface area contributed by atoms with E-state index in [1.54, 1.807) is 0 Å². The Kier molecular flexibility index (Phi) is 4.06. The molecule has 4 nitrogen and oxygen atoms in total. The molecule has 1 amide bonds. The number of amides is 1. The van der Waals surface area contributed by atoms with Gasteiger partial charge in [0.25, 0.3) is 5.91 Å². The van der Waals surface area contributed by atoms with Crippen LogP contribution in [0.4, 0.5) is 18.9 Å². The van der Waals surface area contributed by atoms with Crippen molar-refractivity contribution >= 4 is 11.6 Å². The normalized spacial score (nSPS) is 22.5. The van der Waals surface area contributed by atoms with E-state index in [2.05, 4.69) is 5.32 Å². The van der Waals surface area contributed by atoms with Crippen molar-refractivity contribution in [3.8, 4) is 0 Å². The minimum Gasteiger partial charge on any atom is -0.364 e. The SMILES string of the molecule is NC[C@H]1CC[C@@H](C(=O)Nc2cc(F)c(F)cc2F)O1. The van der Waals surface area contributed by atoms with E-state index in [4.69, 9.17) is 10.5 Å². The molecule has 104 valence electrons. The van der Waals surface area contributed by atoms with Crippen LogP contribution < -0.4 is 11.1 Å². The maximum Gasteiger partial charge on any atom is 0.253 e. The van der Waals surface area contributed by atoms with Crippen LogP contribution in [-0.4, -0.2) is 24.7 Å². The summed E-state index contributed by atoms with van der Waals surface area (Å²) < 4.78 is 44.3. The van der Waals surface area contributed by atoms with Gasteiger partial charge >= 0.3 is 0 Å². The quantitative estimate of drug-likeness (QED) is 0.822. The molecule has 0 saturated carbocycles. The molecule has 2 rings (SSSR count). The van der Waals surface area contributed by atoms with Gasteiger partial charge in [-0.25, -0.2) is 13.2 Å². The van der Waals surface area contributed by atoms with Gasteiger partial charge < -0.3 is 15.8 Å². The Hall–Kier alpha value is -1.60. The molecule has 1 fully saturated rings. The molecule has 19 heavy (non-hydrogen) atoms. The number of hydrogen-bond acceptors (Lipinski definition) is 3. The largest absolute Gasteiger partial charge is 0.364 e. The van der Waals surface area contributed by atoms with Gasteiger partial charge in [-0.2, -0.15) is 0 Å². The zero-order valence-electron chi connectivity index (χ0n) is 9.96. The number of benzene rings is 1. The van der Waals surface area contributed by atoms with Crippen molar-refractivity contribution in [3.63, 3.8) is 0 Å². The molecule has 1 heterocycles. The Balaban J connectivity index is 2.05. The Morgan fingerprint density at radius 2 is 1.95 bits per heavy atom. The highest BCUT2D eigenvalue weighted by molar-refractivity contribution is 5.94. The highest BCUT2D eigenvalue weighted by atomic mass is 19.2. The summed E-state index contributed by atoms with van der Waals surface area (Å²) in [7, 11) is 0. The van der Waals surface area contributed by atoms with Gasteiger partial charge in [0.2, 0.25) is 0 Å². The second kappa shape index (κ2) is 5.58.